The van der Waals surface area contributed by atoms with E-state index in [4.69, 9.17) is 0 Å². The minimum absolute atomic E-state index is 0.234. The summed E-state index contributed by atoms with van der Waals surface area (Å²) in [6.07, 6.45) is 4.70. The van der Waals surface area contributed by atoms with Crippen molar-refractivity contribution in [3.05, 3.63) is 0 Å². The van der Waals surface area contributed by atoms with Gasteiger partial charge in [-0.05, 0) is 25.8 Å². The highest BCUT2D eigenvalue weighted by molar-refractivity contribution is 5.81. The summed E-state index contributed by atoms with van der Waals surface area (Å²) in [6.45, 7) is 11.2. The number of rotatable bonds is 4. The number of unbranched alkanes of at least 4 members (excludes halogenated alkanes) is 1. The van der Waals surface area contributed by atoms with E-state index < -0.39 is 0 Å². The fourth-order valence-electron chi connectivity index (χ4n) is 2.24. The van der Waals surface area contributed by atoms with E-state index in [2.05, 4.69) is 12.2 Å². The Labute approximate surface area is 106 Å². The summed E-state index contributed by atoms with van der Waals surface area (Å²) in [6, 6.07) is 0.616. The van der Waals surface area contributed by atoms with Crippen molar-refractivity contribution < 1.29 is 4.79 Å². The highest BCUT2D eigenvalue weighted by Gasteiger charge is 2.29. The number of hydrogen-bond acceptors (Lipinski definition) is 2. The first kappa shape index (κ1) is 14.5. The van der Waals surface area contributed by atoms with E-state index >= 15 is 0 Å². The smallest absolute Gasteiger partial charge is 0.227 e. The summed E-state index contributed by atoms with van der Waals surface area (Å²) in [5.74, 6) is 0.296. The average molecular weight is 240 g/mol. The van der Waals surface area contributed by atoms with Gasteiger partial charge in [-0.15, -0.1) is 0 Å². The standard InChI is InChI=1S/C14H28N2O/c1-5-6-9-15-12-7-10-16(11-8-12)13(17)14(2,3)4/h12,15H,5-11H2,1-4H3. The summed E-state index contributed by atoms with van der Waals surface area (Å²) in [5.41, 5.74) is -0.234. The molecule has 0 radical (unpaired) electrons. The number of nitrogens with one attached hydrogen (secondary N) is 1. The van der Waals surface area contributed by atoms with Crippen molar-refractivity contribution in [3.8, 4) is 0 Å². The summed E-state index contributed by atoms with van der Waals surface area (Å²) < 4.78 is 0. The lowest BCUT2D eigenvalue weighted by molar-refractivity contribution is -0.140. The second-order valence-corrected chi connectivity index (χ2v) is 6.12. The molecule has 0 atom stereocenters. The maximum Gasteiger partial charge on any atom is 0.227 e. The van der Waals surface area contributed by atoms with Crippen LogP contribution >= 0.6 is 0 Å². The third-order valence-corrected chi connectivity index (χ3v) is 3.39. The summed E-state index contributed by atoms with van der Waals surface area (Å²) in [7, 11) is 0. The van der Waals surface area contributed by atoms with Crippen LogP contribution in [0.15, 0.2) is 0 Å². The van der Waals surface area contributed by atoms with Crippen molar-refractivity contribution in [1.82, 2.24) is 10.2 Å². The first-order valence-electron chi connectivity index (χ1n) is 6.98. The van der Waals surface area contributed by atoms with Gasteiger partial charge < -0.3 is 10.2 Å². The topological polar surface area (TPSA) is 32.3 Å². The van der Waals surface area contributed by atoms with Gasteiger partial charge in [0.05, 0.1) is 0 Å². The molecule has 1 heterocycles. The third-order valence-electron chi connectivity index (χ3n) is 3.39. The number of nitrogens with zero attached hydrogens (tertiary/aromatic N) is 1. The van der Waals surface area contributed by atoms with Gasteiger partial charge in [-0.25, -0.2) is 0 Å². The van der Waals surface area contributed by atoms with Crippen molar-refractivity contribution in [2.75, 3.05) is 19.6 Å². The van der Waals surface area contributed by atoms with Crippen LogP contribution in [0.25, 0.3) is 0 Å². The van der Waals surface area contributed by atoms with Crippen LogP contribution in [0.1, 0.15) is 53.4 Å². The molecule has 0 aliphatic carbocycles. The molecule has 0 spiro atoms. The Morgan fingerprint density at radius 3 is 2.35 bits per heavy atom. The zero-order chi connectivity index (χ0) is 12.9. The molecular weight excluding hydrogens is 212 g/mol. The number of amides is 1. The van der Waals surface area contributed by atoms with Gasteiger partial charge in [0.15, 0.2) is 0 Å². The molecule has 0 aromatic rings. The molecule has 0 unspecified atom stereocenters. The molecule has 3 nitrogen and oxygen atoms in total. The molecule has 1 rings (SSSR count). The quantitative estimate of drug-likeness (QED) is 0.765. The van der Waals surface area contributed by atoms with E-state index in [0.29, 0.717) is 11.9 Å². The van der Waals surface area contributed by atoms with Gasteiger partial charge in [0.25, 0.3) is 0 Å². The average Bonchev–Trinajstić information content (AvgIpc) is 2.28. The van der Waals surface area contributed by atoms with Crippen molar-refractivity contribution >= 4 is 5.91 Å². The van der Waals surface area contributed by atoms with Crippen molar-refractivity contribution in [1.29, 1.82) is 0 Å². The van der Waals surface area contributed by atoms with E-state index in [-0.39, 0.29) is 5.41 Å². The Morgan fingerprint density at radius 1 is 1.29 bits per heavy atom. The lowest BCUT2D eigenvalue weighted by Gasteiger charge is -2.36. The molecule has 1 amide bonds. The van der Waals surface area contributed by atoms with Crippen molar-refractivity contribution in [3.63, 3.8) is 0 Å². The first-order chi connectivity index (χ1) is 7.95. The molecule has 1 fully saturated rings. The SMILES string of the molecule is CCCCNC1CCN(C(=O)C(C)(C)C)CC1. The minimum Gasteiger partial charge on any atom is -0.342 e. The third kappa shape index (κ3) is 4.66. The maximum absolute atomic E-state index is 12.1. The molecule has 0 saturated carbocycles. The number of carbonyl (C=O) groups excluding carboxylic acids is 1. The molecule has 1 aliphatic heterocycles. The normalized spacial score (nSPS) is 18.5. The fraction of sp³-hybridized carbons (Fsp3) is 0.929. The van der Waals surface area contributed by atoms with E-state index in [1.165, 1.54) is 12.8 Å². The number of hydrogen-bond donors (Lipinski definition) is 1. The van der Waals surface area contributed by atoms with Gasteiger partial charge in [-0.2, -0.15) is 0 Å². The highest BCUT2D eigenvalue weighted by Crippen LogP contribution is 2.20. The van der Waals surface area contributed by atoms with Crippen LogP contribution in [0.4, 0.5) is 0 Å². The largest absolute Gasteiger partial charge is 0.342 e. The van der Waals surface area contributed by atoms with Gasteiger partial charge in [0.1, 0.15) is 0 Å². The monoisotopic (exact) mass is 240 g/mol. The zero-order valence-corrected chi connectivity index (χ0v) is 11.9. The van der Waals surface area contributed by atoms with Crippen molar-refractivity contribution in [2.45, 2.75) is 59.4 Å². The predicted molar refractivity (Wildman–Crippen MR) is 72.0 cm³/mol. The van der Waals surface area contributed by atoms with E-state index in [1.807, 2.05) is 25.7 Å². The van der Waals surface area contributed by atoms with Gasteiger partial charge in [-0.3, -0.25) is 4.79 Å². The Bertz CT molecular complexity index is 237. The van der Waals surface area contributed by atoms with Crippen LogP contribution in [-0.4, -0.2) is 36.5 Å². The number of carbonyl (C=O) groups is 1. The zero-order valence-electron chi connectivity index (χ0n) is 11.9. The molecule has 100 valence electrons. The first-order valence-corrected chi connectivity index (χ1v) is 6.98. The molecule has 1 saturated heterocycles. The van der Waals surface area contributed by atoms with Crippen LogP contribution in [0, 0.1) is 5.41 Å². The molecule has 1 aliphatic rings. The van der Waals surface area contributed by atoms with Gasteiger partial charge >= 0.3 is 0 Å². The van der Waals surface area contributed by atoms with Crippen LogP contribution in [0.2, 0.25) is 0 Å². The van der Waals surface area contributed by atoms with Gasteiger partial charge in [0.2, 0.25) is 5.91 Å². The molecule has 0 bridgehead atoms. The Balaban J connectivity index is 2.28. The van der Waals surface area contributed by atoms with Crippen LogP contribution in [0.3, 0.4) is 0 Å². The molecule has 0 aromatic carbocycles. The Morgan fingerprint density at radius 2 is 1.88 bits per heavy atom. The van der Waals surface area contributed by atoms with Crippen molar-refractivity contribution in [2.24, 2.45) is 5.41 Å². The number of piperidine rings is 1. The van der Waals surface area contributed by atoms with E-state index in [1.54, 1.807) is 0 Å². The highest BCUT2D eigenvalue weighted by atomic mass is 16.2. The lowest BCUT2D eigenvalue weighted by Crippen LogP contribution is -2.48. The molecule has 3 heteroatoms. The van der Waals surface area contributed by atoms with E-state index in [0.717, 1.165) is 32.5 Å². The summed E-state index contributed by atoms with van der Waals surface area (Å²) >= 11 is 0. The summed E-state index contributed by atoms with van der Waals surface area (Å²) in [4.78, 5) is 14.1. The maximum atomic E-state index is 12.1. The molecule has 1 N–H and O–H groups in total. The minimum atomic E-state index is -0.234. The lowest BCUT2D eigenvalue weighted by atomic mass is 9.93. The predicted octanol–water partition coefficient (Wildman–Crippen LogP) is 2.41. The van der Waals surface area contributed by atoms with Crippen LogP contribution in [0.5, 0.6) is 0 Å². The van der Waals surface area contributed by atoms with E-state index in [9.17, 15) is 4.79 Å². The summed E-state index contributed by atoms with van der Waals surface area (Å²) in [5, 5.41) is 3.58. The second-order valence-electron chi connectivity index (χ2n) is 6.12. The van der Waals surface area contributed by atoms with Crippen LogP contribution < -0.4 is 5.32 Å². The molecular formula is C14H28N2O. The number of likely N-dealkylation sites (tertiary alicyclic amines) is 1. The van der Waals surface area contributed by atoms with Crippen LogP contribution in [-0.2, 0) is 4.79 Å². The Kier molecular flexibility index (Phi) is 5.44. The van der Waals surface area contributed by atoms with Gasteiger partial charge in [0, 0.05) is 24.5 Å². The van der Waals surface area contributed by atoms with Gasteiger partial charge in [-0.1, -0.05) is 34.1 Å². The molecule has 17 heavy (non-hydrogen) atoms. The fourth-order valence-corrected chi connectivity index (χ4v) is 2.24. The second kappa shape index (κ2) is 6.39. The molecule has 0 aromatic heterocycles. The Hall–Kier alpha value is -0.570.